The van der Waals surface area contributed by atoms with Gasteiger partial charge in [-0.25, -0.2) is 0 Å². The Balaban J connectivity index is 1.72. The topological polar surface area (TPSA) is 50.7 Å². The van der Waals surface area contributed by atoms with Crippen LogP contribution in [0.5, 0.6) is 17.2 Å². The molecular weight excluding hydrogens is 278 g/mol. The van der Waals surface area contributed by atoms with Gasteiger partial charge >= 0.3 is 0 Å². The molecule has 4 nitrogen and oxygen atoms in total. The fourth-order valence-electron chi connectivity index (χ4n) is 2.79. The summed E-state index contributed by atoms with van der Waals surface area (Å²) in [6.07, 6.45) is 0. The minimum absolute atomic E-state index is 0.163. The molecule has 2 aromatic rings. The van der Waals surface area contributed by atoms with Gasteiger partial charge in [-0.2, -0.15) is 0 Å². The zero-order valence-corrected chi connectivity index (χ0v) is 13.1. The molecule has 0 saturated heterocycles. The van der Waals surface area contributed by atoms with E-state index in [1.165, 1.54) is 16.7 Å². The van der Waals surface area contributed by atoms with Crippen molar-refractivity contribution in [3.63, 3.8) is 0 Å². The minimum atomic E-state index is 0.163. The number of rotatable bonds is 4. The number of benzene rings is 2. The lowest BCUT2D eigenvalue weighted by molar-refractivity contribution is 0.309. The predicted molar refractivity (Wildman–Crippen MR) is 85.7 cm³/mol. The van der Waals surface area contributed by atoms with Crippen molar-refractivity contribution in [2.75, 3.05) is 13.7 Å². The normalized spacial score (nSPS) is 16.2. The Morgan fingerprint density at radius 3 is 2.82 bits per heavy atom. The van der Waals surface area contributed by atoms with Crippen LogP contribution in [-0.4, -0.2) is 18.8 Å². The highest BCUT2D eigenvalue weighted by atomic mass is 16.5. The van der Waals surface area contributed by atoms with Crippen LogP contribution in [0.25, 0.3) is 0 Å². The highest BCUT2D eigenvalue weighted by Crippen LogP contribution is 2.36. The Labute approximate surface area is 130 Å². The third kappa shape index (κ3) is 2.62. The average Bonchev–Trinajstić information content (AvgIpc) is 2.93. The monoisotopic (exact) mass is 299 g/mol. The fourth-order valence-corrected chi connectivity index (χ4v) is 2.79. The third-order valence-electron chi connectivity index (χ3n) is 4.27. The first kappa shape index (κ1) is 14.7. The molecule has 1 unspecified atom stereocenters. The smallest absolute Gasteiger partial charge is 0.160 e. The van der Waals surface area contributed by atoms with E-state index in [0.717, 1.165) is 11.3 Å². The predicted octanol–water partition coefficient (Wildman–Crippen LogP) is 3.24. The van der Waals surface area contributed by atoms with Crippen LogP contribution in [0.4, 0.5) is 0 Å². The van der Waals surface area contributed by atoms with Crippen LogP contribution in [0.3, 0.4) is 0 Å². The zero-order valence-electron chi connectivity index (χ0n) is 13.1. The molecular formula is C18H21NO3. The molecule has 0 aliphatic carbocycles. The molecule has 0 spiro atoms. The van der Waals surface area contributed by atoms with E-state index in [1.54, 1.807) is 19.2 Å². The van der Waals surface area contributed by atoms with Gasteiger partial charge in [0.05, 0.1) is 13.2 Å². The molecule has 1 atom stereocenters. The molecule has 2 aromatic carbocycles. The Bertz CT molecular complexity index is 697. The summed E-state index contributed by atoms with van der Waals surface area (Å²) < 4.78 is 10.9. The lowest BCUT2D eigenvalue weighted by Crippen LogP contribution is -2.21. The molecule has 2 N–H and O–H groups in total. The van der Waals surface area contributed by atoms with Crippen molar-refractivity contribution >= 4 is 0 Å². The van der Waals surface area contributed by atoms with Gasteiger partial charge in [0.2, 0.25) is 0 Å². The number of aryl methyl sites for hydroxylation is 1. The molecule has 116 valence electrons. The number of hydrogen-bond acceptors (Lipinski definition) is 4. The number of nitrogens with one attached hydrogen (secondary N) is 1. The van der Waals surface area contributed by atoms with Crippen LogP contribution >= 0.6 is 0 Å². The minimum Gasteiger partial charge on any atom is -0.504 e. The Kier molecular flexibility index (Phi) is 3.94. The molecule has 0 bridgehead atoms. The van der Waals surface area contributed by atoms with E-state index in [1.807, 2.05) is 6.07 Å². The fraction of sp³-hybridized carbons (Fsp3) is 0.333. The van der Waals surface area contributed by atoms with Gasteiger partial charge in [0.25, 0.3) is 0 Å². The second-order valence-electron chi connectivity index (χ2n) is 5.68. The number of fused-ring (bicyclic) bond motifs is 1. The van der Waals surface area contributed by atoms with Gasteiger partial charge in [-0.3, -0.25) is 0 Å². The van der Waals surface area contributed by atoms with Crippen molar-refractivity contribution in [3.05, 3.63) is 52.6 Å². The van der Waals surface area contributed by atoms with E-state index >= 15 is 0 Å². The standard InChI is InChI=1S/C18H21NO3/c1-11-4-6-14-15(10-22-18(14)12(11)2)19-9-13-5-7-17(21-3)16(20)8-13/h4-8,15,19-20H,9-10H2,1-3H3. The summed E-state index contributed by atoms with van der Waals surface area (Å²) in [5.41, 5.74) is 4.68. The number of methoxy groups -OCH3 is 1. The molecule has 0 saturated carbocycles. The number of ether oxygens (including phenoxy) is 2. The summed E-state index contributed by atoms with van der Waals surface area (Å²) in [5.74, 6) is 1.66. The molecule has 1 aliphatic rings. The molecule has 3 rings (SSSR count). The molecule has 0 fully saturated rings. The number of phenols is 1. The molecule has 0 aromatic heterocycles. The van der Waals surface area contributed by atoms with Crippen LogP contribution in [0.15, 0.2) is 30.3 Å². The molecule has 4 heteroatoms. The van der Waals surface area contributed by atoms with Gasteiger partial charge in [0.15, 0.2) is 11.5 Å². The highest BCUT2D eigenvalue weighted by Gasteiger charge is 2.25. The van der Waals surface area contributed by atoms with Gasteiger partial charge in [-0.1, -0.05) is 18.2 Å². The quantitative estimate of drug-likeness (QED) is 0.910. The summed E-state index contributed by atoms with van der Waals surface area (Å²) in [7, 11) is 1.55. The zero-order chi connectivity index (χ0) is 15.7. The SMILES string of the molecule is COc1ccc(CNC2COc3c2ccc(C)c3C)cc1O. The first-order valence-corrected chi connectivity index (χ1v) is 7.42. The molecule has 1 aliphatic heterocycles. The van der Waals surface area contributed by atoms with Crippen molar-refractivity contribution in [2.45, 2.75) is 26.4 Å². The molecule has 22 heavy (non-hydrogen) atoms. The molecule has 1 heterocycles. The molecule has 0 amide bonds. The van der Waals surface area contributed by atoms with E-state index in [2.05, 4.69) is 31.3 Å². The second-order valence-corrected chi connectivity index (χ2v) is 5.68. The van der Waals surface area contributed by atoms with Gasteiger partial charge in [0.1, 0.15) is 12.4 Å². The van der Waals surface area contributed by atoms with Crippen LogP contribution < -0.4 is 14.8 Å². The third-order valence-corrected chi connectivity index (χ3v) is 4.27. The van der Waals surface area contributed by atoms with Crippen LogP contribution in [0, 0.1) is 13.8 Å². The summed E-state index contributed by atoms with van der Waals surface area (Å²) >= 11 is 0. The van der Waals surface area contributed by atoms with E-state index in [4.69, 9.17) is 9.47 Å². The van der Waals surface area contributed by atoms with Crippen LogP contribution in [-0.2, 0) is 6.54 Å². The van der Waals surface area contributed by atoms with Gasteiger partial charge in [0, 0.05) is 12.1 Å². The van der Waals surface area contributed by atoms with E-state index < -0.39 is 0 Å². The highest BCUT2D eigenvalue weighted by molar-refractivity contribution is 5.49. The average molecular weight is 299 g/mol. The van der Waals surface area contributed by atoms with Crippen molar-refractivity contribution in [2.24, 2.45) is 0 Å². The number of aromatic hydroxyl groups is 1. The van der Waals surface area contributed by atoms with Gasteiger partial charge in [-0.05, 0) is 42.7 Å². The summed E-state index contributed by atoms with van der Waals surface area (Å²) in [4.78, 5) is 0. The first-order valence-electron chi connectivity index (χ1n) is 7.42. The Morgan fingerprint density at radius 2 is 2.09 bits per heavy atom. The maximum Gasteiger partial charge on any atom is 0.160 e. The lowest BCUT2D eigenvalue weighted by Gasteiger charge is -2.13. The number of phenolic OH excluding ortho intramolecular Hbond substituents is 1. The van der Waals surface area contributed by atoms with Crippen LogP contribution in [0.1, 0.15) is 28.3 Å². The summed E-state index contributed by atoms with van der Waals surface area (Å²) in [6, 6.07) is 9.90. The number of hydrogen-bond donors (Lipinski definition) is 2. The maximum absolute atomic E-state index is 9.83. The lowest BCUT2D eigenvalue weighted by atomic mass is 10.0. The summed E-state index contributed by atoms with van der Waals surface area (Å²) in [5, 5.41) is 13.3. The van der Waals surface area contributed by atoms with Gasteiger partial charge < -0.3 is 19.9 Å². The second kappa shape index (κ2) is 5.89. The van der Waals surface area contributed by atoms with Crippen LogP contribution in [0.2, 0.25) is 0 Å². The molecule has 0 radical (unpaired) electrons. The van der Waals surface area contributed by atoms with Gasteiger partial charge in [-0.15, -0.1) is 0 Å². The van der Waals surface area contributed by atoms with E-state index in [9.17, 15) is 5.11 Å². The van der Waals surface area contributed by atoms with E-state index in [-0.39, 0.29) is 11.8 Å². The Hall–Kier alpha value is -2.20. The van der Waals surface area contributed by atoms with Crippen molar-refractivity contribution in [3.8, 4) is 17.2 Å². The Morgan fingerprint density at radius 1 is 1.27 bits per heavy atom. The maximum atomic E-state index is 9.83. The largest absolute Gasteiger partial charge is 0.504 e. The summed E-state index contributed by atoms with van der Waals surface area (Å²) in [6.45, 7) is 5.50. The first-order chi connectivity index (χ1) is 10.6. The van der Waals surface area contributed by atoms with Crippen molar-refractivity contribution < 1.29 is 14.6 Å². The van der Waals surface area contributed by atoms with E-state index in [0.29, 0.717) is 18.9 Å². The van der Waals surface area contributed by atoms with Crippen molar-refractivity contribution in [1.29, 1.82) is 0 Å². The van der Waals surface area contributed by atoms with Crippen molar-refractivity contribution in [1.82, 2.24) is 5.32 Å².